The first-order valence-electron chi connectivity index (χ1n) is 6.81. The maximum absolute atomic E-state index is 12.1. The van der Waals surface area contributed by atoms with Gasteiger partial charge in [0.05, 0.1) is 23.2 Å². The van der Waals surface area contributed by atoms with E-state index in [1.54, 1.807) is 18.4 Å². The Morgan fingerprint density at radius 1 is 1.46 bits per heavy atom. The highest BCUT2D eigenvalue weighted by Gasteiger charge is 2.24. The molecule has 0 saturated carbocycles. The van der Waals surface area contributed by atoms with Crippen LogP contribution in [0.25, 0.3) is 0 Å². The predicted octanol–water partition coefficient (Wildman–Crippen LogP) is 3.26. The molecule has 0 saturated heterocycles. The Morgan fingerprint density at radius 2 is 2.21 bits per heavy atom. The molecule has 8 heteroatoms. The lowest BCUT2D eigenvalue weighted by Gasteiger charge is -2.08. The fourth-order valence-corrected chi connectivity index (χ4v) is 3.27. The van der Waals surface area contributed by atoms with Crippen molar-refractivity contribution < 1.29 is 19.1 Å². The Kier molecular flexibility index (Phi) is 6.06. The fourth-order valence-electron chi connectivity index (χ4n) is 1.87. The number of nitrogens with zero attached hydrogens (tertiary/aromatic N) is 2. The van der Waals surface area contributed by atoms with Crippen molar-refractivity contribution in [1.29, 1.82) is 5.26 Å². The number of rotatable bonds is 6. The lowest BCUT2D eigenvalue weighted by Crippen LogP contribution is -2.20. The molecule has 2 rings (SSSR count). The molecule has 0 N–H and O–H groups in total. The van der Waals surface area contributed by atoms with E-state index in [1.807, 2.05) is 6.07 Å². The normalized spacial score (nSPS) is 11.4. The lowest BCUT2D eigenvalue weighted by molar-refractivity contribution is -0.122. The van der Waals surface area contributed by atoms with Gasteiger partial charge >= 0.3 is 5.97 Å². The number of benzene rings is 1. The van der Waals surface area contributed by atoms with Crippen molar-refractivity contribution in [1.82, 2.24) is 4.98 Å². The first-order chi connectivity index (χ1) is 11.5. The zero-order valence-electron chi connectivity index (χ0n) is 12.9. The van der Waals surface area contributed by atoms with E-state index < -0.39 is 24.3 Å². The van der Waals surface area contributed by atoms with Gasteiger partial charge in [-0.2, -0.15) is 5.26 Å². The second-order valence-corrected chi connectivity index (χ2v) is 6.53. The third-order valence-electron chi connectivity index (χ3n) is 3.07. The third kappa shape index (κ3) is 4.19. The number of carbonyl (C=O) groups is 2. The van der Waals surface area contributed by atoms with Gasteiger partial charge in [0.1, 0.15) is 10.8 Å². The average Bonchev–Trinajstić information content (AvgIpc) is 2.99. The summed E-state index contributed by atoms with van der Waals surface area (Å²) < 4.78 is 10.7. The van der Waals surface area contributed by atoms with Crippen LogP contribution in [-0.2, 0) is 9.53 Å². The SMILES string of the molecule is COc1ccc(C(=O)OCC(=O)[C@H](C#N)c2nc(C)cs2)cc1Br. The zero-order valence-corrected chi connectivity index (χ0v) is 15.3. The van der Waals surface area contributed by atoms with Gasteiger partial charge < -0.3 is 9.47 Å². The molecule has 1 atom stereocenters. The van der Waals surface area contributed by atoms with E-state index in [0.29, 0.717) is 15.2 Å². The number of carbonyl (C=O) groups excluding carboxylic acids is 2. The summed E-state index contributed by atoms with van der Waals surface area (Å²) in [7, 11) is 1.51. The van der Waals surface area contributed by atoms with E-state index in [9.17, 15) is 14.9 Å². The summed E-state index contributed by atoms with van der Waals surface area (Å²) in [6, 6.07) is 6.58. The second kappa shape index (κ2) is 8.04. The van der Waals surface area contributed by atoms with E-state index in [0.717, 1.165) is 5.69 Å². The number of esters is 1. The van der Waals surface area contributed by atoms with Crippen LogP contribution in [0.5, 0.6) is 5.75 Å². The smallest absolute Gasteiger partial charge is 0.338 e. The summed E-state index contributed by atoms with van der Waals surface area (Å²) >= 11 is 4.51. The van der Waals surface area contributed by atoms with E-state index in [2.05, 4.69) is 20.9 Å². The lowest BCUT2D eigenvalue weighted by atomic mass is 10.1. The number of ketones is 1. The third-order valence-corrected chi connectivity index (χ3v) is 4.71. The van der Waals surface area contributed by atoms with Gasteiger partial charge in [0.25, 0.3) is 0 Å². The summed E-state index contributed by atoms with van der Waals surface area (Å²) in [6.45, 7) is 1.29. The maximum Gasteiger partial charge on any atom is 0.338 e. The largest absolute Gasteiger partial charge is 0.496 e. The molecule has 0 aliphatic heterocycles. The molecule has 24 heavy (non-hydrogen) atoms. The summed E-state index contributed by atoms with van der Waals surface area (Å²) in [5.74, 6) is -1.61. The first kappa shape index (κ1) is 18.1. The van der Waals surface area contributed by atoms with Crippen molar-refractivity contribution in [2.24, 2.45) is 0 Å². The van der Waals surface area contributed by atoms with Crippen molar-refractivity contribution in [3.05, 3.63) is 44.3 Å². The van der Waals surface area contributed by atoms with Gasteiger partial charge in [-0.15, -0.1) is 11.3 Å². The van der Waals surface area contributed by atoms with E-state index in [1.165, 1.54) is 30.6 Å². The summed E-state index contributed by atoms with van der Waals surface area (Å²) in [4.78, 5) is 28.3. The van der Waals surface area contributed by atoms with Gasteiger partial charge in [-0.3, -0.25) is 4.79 Å². The highest BCUT2D eigenvalue weighted by atomic mass is 79.9. The molecule has 0 bridgehead atoms. The van der Waals surface area contributed by atoms with Gasteiger partial charge in [-0.05, 0) is 41.1 Å². The molecule has 0 amide bonds. The number of Topliss-reactive ketones (excluding diaryl/α,β-unsaturated/α-hetero) is 1. The van der Waals surface area contributed by atoms with Gasteiger partial charge in [-0.1, -0.05) is 0 Å². The fraction of sp³-hybridized carbons (Fsp3) is 0.250. The molecule has 124 valence electrons. The van der Waals surface area contributed by atoms with Crippen LogP contribution in [0.2, 0.25) is 0 Å². The Bertz CT molecular complexity index is 813. The number of hydrogen-bond donors (Lipinski definition) is 0. The number of aryl methyl sites for hydroxylation is 1. The van der Waals surface area contributed by atoms with Crippen molar-refractivity contribution in [3.63, 3.8) is 0 Å². The van der Waals surface area contributed by atoms with E-state index in [-0.39, 0.29) is 5.56 Å². The van der Waals surface area contributed by atoms with Crippen molar-refractivity contribution in [2.45, 2.75) is 12.8 Å². The highest BCUT2D eigenvalue weighted by Crippen LogP contribution is 2.26. The highest BCUT2D eigenvalue weighted by molar-refractivity contribution is 9.10. The van der Waals surface area contributed by atoms with Crippen molar-refractivity contribution in [3.8, 4) is 11.8 Å². The van der Waals surface area contributed by atoms with Crippen LogP contribution in [0.15, 0.2) is 28.1 Å². The molecule has 1 aromatic heterocycles. The molecular formula is C16H13BrN2O4S. The van der Waals surface area contributed by atoms with Gasteiger partial charge in [0, 0.05) is 11.1 Å². The van der Waals surface area contributed by atoms with Crippen LogP contribution in [0.4, 0.5) is 0 Å². The average molecular weight is 409 g/mol. The molecule has 0 unspecified atom stereocenters. The van der Waals surface area contributed by atoms with Crippen LogP contribution < -0.4 is 4.74 Å². The molecule has 0 aliphatic rings. The number of nitriles is 1. The van der Waals surface area contributed by atoms with Crippen LogP contribution in [-0.4, -0.2) is 30.5 Å². The van der Waals surface area contributed by atoms with E-state index >= 15 is 0 Å². The molecule has 0 radical (unpaired) electrons. The topological polar surface area (TPSA) is 89.3 Å². The Labute approximate surface area is 151 Å². The number of ether oxygens (including phenoxy) is 2. The predicted molar refractivity (Wildman–Crippen MR) is 91.2 cm³/mol. The molecule has 2 aromatic rings. The van der Waals surface area contributed by atoms with Crippen LogP contribution >= 0.6 is 27.3 Å². The van der Waals surface area contributed by atoms with Crippen molar-refractivity contribution in [2.75, 3.05) is 13.7 Å². The molecule has 6 nitrogen and oxygen atoms in total. The Hall–Kier alpha value is -2.24. The maximum atomic E-state index is 12.1. The standard InChI is InChI=1S/C16H13BrN2O4S/c1-9-8-24-15(19-9)11(6-18)13(20)7-23-16(21)10-3-4-14(22-2)12(17)5-10/h3-5,8,11H,7H2,1-2H3/t11-/m0/s1. The molecule has 1 heterocycles. The monoisotopic (exact) mass is 408 g/mol. The first-order valence-corrected chi connectivity index (χ1v) is 8.48. The van der Waals surface area contributed by atoms with Crippen molar-refractivity contribution >= 4 is 39.0 Å². The Balaban J connectivity index is 2.01. The Morgan fingerprint density at radius 3 is 2.75 bits per heavy atom. The molecule has 0 fully saturated rings. The summed E-state index contributed by atoms with van der Waals surface area (Å²) in [5, 5.41) is 11.3. The van der Waals surface area contributed by atoms with E-state index in [4.69, 9.17) is 9.47 Å². The van der Waals surface area contributed by atoms with Crippen LogP contribution in [0.1, 0.15) is 27.0 Å². The number of thiazole rings is 1. The van der Waals surface area contributed by atoms with Gasteiger partial charge in [-0.25, -0.2) is 9.78 Å². The number of halogens is 1. The van der Waals surface area contributed by atoms with Crippen LogP contribution in [0.3, 0.4) is 0 Å². The zero-order chi connectivity index (χ0) is 17.7. The molecule has 1 aromatic carbocycles. The molecule has 0 spiro atoms. The molecular weight excluding hydrogens is 396 g/mol. The minimum atomic E-state index is -1.03. The van der Waals surface area contributed by atoms with Gasteiger partial charge in [0.15, 0.2) is 18.3 Å². The summed E-state index contributed by atoms with van der Waals surface area (Å²) in [5.41, 5.74) is 1.01. The summed E-state index contributed by atoms with van der Waals surface area (Å²) in [6.07, 6.45) is 0. The number of hydrogen-bond acceptors (Lipinski definition) is 7. The second-order valence-electron chi connectivity index (χ2n) is 4.78. The minimum absolute atomic E-state index is 0.272. The van der Waals surface area contributed by atoms with Crippen LogP contribution in [0, 0.1) is 18.3 Å². The minimum Gasteiger partial charge on any atom is -0.496 e. The van der Waals surface area contributed by atoms with Gasteiger partial charge in [0.2, 0.25) is 0 Å². The molecule has 0 aliphatic carbocycles. The quantitative estimate of drug-likeness (QED) is 0.681. The number of methoxy groups -OCH3 is 1. The number of aromatic nitrogens is 1.